The van der Waals surface area contributed by atoms with Crippen molar-refractivity contribution in [2.24, 2.45) is 0 Å². The fraction of sp³-hybridized carbons (Fsp3) is 1.00. The highest BCUT2D eigenvalue weighted by molar-refractivity contribution is 7.47. The number of halogens is 6. The Kier molecular flexibility index (Phi) is 5.61. The second kappa shape index (κ2) is 5.66. The molecular formula is C6H12F6N3OP. The van der Waals surface area contributed by atoms with Crippen LogP contribution in [0.15, 0.2) is 0 Å². The molecule has 104 valence electrons. The quantitative estimate of drug-likeness (QED) is 0.342. The zero-order valence-electron chi connectivity index (χ0n) is 9.46. The van der Waals surface area contributed by atoms with Crippen LogP contribution in [0.1, 0.15) is 0 Å². The van der Waals surface area contributed by atoms with Gasteiger partial charge in [-0.2, -0.15) is 26.3 Å². The van der Waals surface area contributed by atoms with Crippen LogP contribution in [0.3, 0.4) is 0 Å². The Morgan fingerprint density at radius 1 is 0.765 bits per heavy atom. The molecule has 0 rings (SSSR count). The molecule has 0 N–H and O–H groups in total. The SMILES string of the molecule is CN(C)P(ON(C(F)(F)F)C(F)(F)F)N(C)C. The number of alkyl halides is 6. The highest BCUT2D eigenvalue weighted by atomic mass is 31.2. The first-order chi connectivity index (χ1) is 7.37. The normalized spacial score (nSPS) is 14.5. The fourth-order valence-corrected chi connectivity index (χ4v) is 2.15. The average molecular weight is 287 g/mol. The van der Waals surface area contributed by atoms with Crippen molar-refractivity contribution in [3.63, 3.8) is 0 Å². The maximum absolute atomic E-state index is 12.2. The van der Waals surface area contributed by atoms with E-state index < -0.39 is 26.1 Å². The van der Waals surface area contributed by atoms with Crippen LogP contribution in [0.5, 0.6) is 0 Å². The predicted molar refractivity (Wildman–Crippen MR) is 49.3 cm³/mol. The molecule has 4 nitrogen and oxygen atoms in total. The number of hydrogen-bond acceptors (Lipinski definition) is 4. The maximum atomic E-state index is 12.2. The molecule has 0 unspecified atom stereocenters. The van der Waals surface area contributed by atoms with E-state index in [0.29, 0.717) is 0 Å². The van der Waals surface area contributed by atoms with Gasteiger partial charge < -0.3 is 0 Å². The molecule has 0 aromatic carbocycles. The Morgan fingerprint density at radius 3 is 1.24 bits per heavy atom. The van der Waals surface area contributed by atoms with E-state index in [-0.39, 0.29) is 0 Å². The van der Waals surface area contributed by atoms with E-state index in [4.69, 9.17) is 0 Å². The summed E-state index contributed by atoms with van der Waals surface area (Å²) in [6, 6.07) is 0. The van der Waals surface area contributed by atoms with Crippen LogP contribution in [0.4, 0.5) is 26.3 Å². The predicted octanol–water partition coefficient (Wildman–Crippen LogP) is 2.61. The van der Waals surface area contributed by atoms with Crippen molar-refractivity contribution >= 4 is 8.45 Å². The van der Waals surface area contributed by atoms with Crippen LogP contribution in [0, 0.1) is 0 Å². The topological polar surface area (TPSA) is 19.0 Å². The van der Waals surface area contributed by atoms with Crippen LogP contribution in [0.25, 0.3) is 0 Å². The molecule has 0 aromatic rings. The molecule has 0 radical (unpaired) electrons. The van der Waals surface area contributed by atoms with Gasteiger partial charge in [0.2, 0.25) is 8.45 Å². The van der Waals surface area contributed by atoms with Crippen molar-refractivity contribution in [2.75, 3.05) is 28.2 Å². The lowest BCUT2D eigenvalue weighted by Crippen LogP contribution is -2.48. The summed E-state index contributed by atoms with van der Waals surface area (Å²) in [5, 5.41) is -1.90. The van der Waals surface area contributed by atoms with E-state index in [2.05, 4.69) is 4.62 Å². The van der Waals surface area contributed by atoms with Crippen LogP contribution < -0.4 is 0 Å². The Hall–Kier alpha value is -0.150. The highest BCUT2D eigenvalue weighted by Crippen LogP contribution is 2.47. The number of nitrogens with zero attached hydrogens (tertiary/aromatic N) is 3. The molecule has 0 bridgehead atoms. The minimum atomic E-state index is -5.65. The summed E-state index contributed by atoms with van der Waals surface area (Å²) in [6.07, 6.45) is -11.3. The van der Waals surface area contributed by atoms with Gasteiger partial charge in [0, 0.05) is 5.06 Å². The Morgan fingerprint density at radius 2 is 1.06 bits per heavy atom. The molecule has 0 heterocycles. The second-order valence-corrected chi connectivity index (χ2v) is 5.53. The minimum absolute atomic E-state index is 1.12. The lowest BCUT2D eigenvalue weighted by molar-refractivity contribution is -0.456. The van der Waals surface area contributed by atoms with Gasteiger partial charge in [-0.05, 0) is 28.2 Å². The summed E-state index contributed by atoms with van der Waals surface area (Å²) in [6.45, 7) is 0. The summed E-state index contributed by atoms with van der Waals surface area (Å²) in [5.74, 6) is 0. The Labute approximate surface area is 95.6 Å². The summed E-state index contributed by atoms with van der Waals surface area (Å²) < 4.78 is 79.2. The van der Waals surface area contributed by atoms with Gasteiger partial charge in [-0.1, -0.05) is 0 Å². The van der Waals surface area contributed by atoms with Gasteiger partial charge in [-0.15, -0.1) is 0 Å². The molecule has 0 fully saturated rings. The maximum Gasteiger partial charge on any atom is 0.490 e. The number of hydrogen-bond donors (Lipinski definition) is 0. The smallest absolute Gasteiger partial charge is 0.252 e. The monoisotopic (exact) mass is 287 g/mol. The van der Waals surface area contributed by atoms with E-state index in [9.17, 15) is 26.3 Å². The fourth-order valence-electron chi connectivity index (χ4n) is 0.813. The van der Waals surface area contributed by atoms with E-state index in [1.807, 2.05) is 0 Å². The summed E-state index contributed by atoms with van der Waals surface area (Å²) in [5.41, 5.74) is 0. The molecule has 0 amide bonds. The molecular weight excluding hydrogens is 275 g/mol. The third kappa shape index (κ3) is 5.35. The van der Waals surface area contributed by atoms with Gasteiger partial charge in [0.25, 0.3) is 0 Å². The molecule has 0 saturated carbocycles. The Bertz CT molecular complexity index is 221. The van der Waals surface area contributed by atoms with Gasteiger partial charge in [0.15, 0.2) is 0 Å². The zero-order valence-corrected chi connectivity index (χ0v) is 10.4. The largest absolute Gasteiger partial charge is 0.490 e. The molecule has 0 aliphatic carbocycles. The van der Waals surface area contributed by atoms with Crippen molar-refractivity contribution in [2.45, 2.75) is 12.6 Å². The molecule has 0 spiro atoms. The van der Waals surface area contributed by atoms with E-state index >= 15 is 0 Å². The summed E-state index contributed by atoms with van der Waals surface area (Å²) >= 11 is 0. The third-order valence-corrected chi connectivity index (χ3v) is 2.98. The van der Waals surface area contributed by atoms with Crippen molar-refractivity contribution in [3.05, 3.63) is 0 Å². The van der Waals surface area contributed by atoms with Crippen LogP contribution >= 0.6 is 8.45 Å². The van der Waals surface area contributed by atoms with Crippen molar-refractivity contribution < 1.29 is 31.0 Å². The molecule has 0 atom stereocenters. The van der Waals surface area contributed by atoms with Crippen LogP contribution in [-0.2, 0) is 4.62 Å². The van der Waals surface area contributed by atoms with Gasteiger partial charge in [0.1, 0.15) is 0 Å². The molecule has 0 aliphatic rings. The molecule has 17 heavy (non-hydrogen) atoms. The van der Waals surface area contributed by atoms with Gasteiger partial charge in [0.05, 0.1) is 0 Å². The minimum Gasteiger partial charge on any atom is -0.252 e. The molecule has 0 aromatic heterocycles. The summed E-state index contributed by atoms with van der Waals surface area (Å²) in [4.78, 5) is 0. The van der Waals surface area contributed by atoms with Gasteiger partial charge in [-0.25, -0.2) is 4.62 Å². The highest BCUT2D eigenvalue weighted by Gasteiger charge is 2.57. The first-order valence-corrected chi connectivity index (χ1v) is 5.30. The lowest BCUT2D eigenvalue weighted by atomic mass is 10.9. The van der Waals surface area contributed by atoms with E-state index in [1.54, 1.807) is 0 Å². The van der Waals surface area contributed by atoms with Crippen molar-refractivity contribution in [1.29, 1.82) is 0 Å². The van der Waals surface area contributed by atoms with Crippen molar-refractivity contribution in [3.8, 4) is 0 Å². The standard InChI is InChI=1S/C6H12F6N3OP/c1-13(2)17(14(3)4)16-15(5(7,8)9)6(10,11)12/h1-4H3. The summed E-state index contributed by atoms with van der Waals surface area (Å²) in [7, 11) is 3.07. The van der Waals surface area contributed by atoms with Gasteiger partial charge >= 0.3 is 12.6 Å². The third-order valence-electron chi connectivity index (χ3n) is 1.30. The zero-order chi connectivity index (χ0) is 14.0. The number of hydroxylamine groups is 2. The molecule has 0 saturated heterocycles. The molecule has 0 aliphatic heterocycles. The van der Waals surface area contributed by atoms with Gasteiger partial charge in [-0.3, -0.25) is 9.34 Å². The van der Waals surface area contributed by atoms with E-state index in [0.717, 1.165) is 9.34 Å². The van der Waals surface area contributed by atoms with Crippen molar-refractivity contribution in [1.82, 2.24) is 14.4 Å². The number of rotatable bonds is 4. The first kappa shape index (κ1) is 16.9. The second-order valence-electron chi connectivity index (χ2n) is 3.26. The Balaban J connectivity index is 4.99. The van der Waals surface area contributed by atoms with E-state index in [1.165, 1.54) is 28.2 Å². The average Bonchev–Trinajstić information content (AvgIpc) is 1.96. The lowest BCUT2D eigenvalue weighted by Gasteiger charge is -2.34. The van der Waals surface area contributed by atoms with Crippen LogP contribution in [-0.4, -0.2) is 55.2 Å². The van der Waals surface area contributed by atoms with Crippen LogP contribution in [0.2, 0.25) is 0 Å². The molecule has 11 heteroatoms. The first-order valence-electron chi connectivity index (χ1n) is 4.14.